The topological polar surface area (TPSA) is 41.6 Å². The van der Waals surface area contributed by atoms with Crippen molar-refractivity contribution in [2.75, 3.05) is 13.1 Å². The molecule has 1 aliphatic heterocycles. The second-order valence-electron chi connectivity index (χ2n) is 6.65. The van der Waals surface area contributed by atoms with E-state index in [-0.39, 0.29) is 12.1 Å². The van der Waals surface area contributed by atoms with E-state index in [0.717, 1.165) is 12.0 Å². The van der Waals surface area contributed by atoms with Crippen molar-refractivity contribution < 1.29 is 9.53 Å². The molecule has 0 spiro atoms. The smallest absolute Gasteiger partial charge is 0.410 e. The molecular formula is C16H21Cl3N2O2. The van der Waals surface area contributed by atoms with Gasteiger partial charge in [0.05, 0.1) is 10.0 Å². The van der Waals surface area contributed by atoms with Crippen LogP contribution >= 0.6 is 34.8 Å². The molecule has 1 aliphatic rings. The van der Waals surface area contributed by atoms with Crippen molar-refractivity contribution in [1.29, 1.82) is 0 Å². The van der Waals surface area contributed by atoms with Gasteiger partial charge in [-0.05, 0) is 44.9 Å². The molecule has 1 saturated heterocycles. The van der Waals surface area contributed by atoms with Crippen LogP contribution in [-0.4, -0.2) is 35.7 Å². The second kappa shape index (κ2) is 7.47. The molecular weight excluding hydrogens is 359 g/mol. The van der Waals surface area contributed by atoms with E-state index in [1.807, 2.05) is 20.8 Å². The largest absolute Gasteiger partial charge is 0.444 e. The third-order valence-corrected chi connectivity index (χ3v) is 4.55. The Morgan fingerprint density at radius 2 is 2.04 bits per heavy atom. The summed E-state index contributed by atoms with van der Waals surface area (Å²) in [5.74, 6) is 0. The van der Waals surface area contributed by atoms with Crippen LogP contribution in [0.15, 0.2) is 12.1 Å². The Morgan fingerprint density at radius 3 is 2.70 bits per heavy atom. The molecule has 0 aromatic heterocycles. The Bertz CT molecular complexity index is 587. The van der Waals surface area contributed by atoms with Crippen LogP contribution in [0.1, 0.15) is 32.8 Å². The highest BCUT2D eigenvalue weighted by atomic mass is 35.5. The predicted molar refractivity (Wildman–Crippen MR) is 94.5 cm³/mol. The number of ether oxygens (including phenoxy) is 1. The zero-order valence-electron chi connectivity index (χ0n) is 13.5. The van der Waals surface area contributed by atoms with E-state index in [4.69, 9.17) is 39.5 Å². The van der Waals surface area contributed by atoms with E-state index in [1.165, 1.54) is 0 Å². The van der Waals surface area contributed by atoms with Crippen molar-refractivity contribution in [2.24, 2.45) is 0 Å². The normalized spacial score (nSPS) is 18.3. The summed E-state index contributed by atoms with van der Waals surface area (Å²) in [6, 6.07) is 3.61. The standard InChI is InChI=1S/C16H21Cl3N2O2/c1-16(2,3)23-15(22)21-5-4-12(9-21)20-8-10-6-11(17)7-13(18)14(10)19/h6-7,12,20H,4-5,8-9H2,1-3H3/t12-/m0/s1. The quantitative estimate of drug-likeness (QED) is 0.771. The van der Waals surface area contributed by atoms with Gasteiger partial charge in [0.2, 0.25) is 0 Å². The molecule has 0 aliphatic carbocycles. The maximum atomic E-state index is 12.0. The van der Waals surface area contributed by atoms with Crippen LogP contribution in [-0.2, 0) is 11.3 Å². The molecule has 23 heavy (non-hydrogen) atoms. The highest BCUT2D eigenvalue weighted by molar-refractivity contribution is 6.43. The second-order valence-corrected chi connectivity index (χ2v) is 7.88. The molecule has 1 atom stereocenters. The molecule has 1 fully saturated rings. The number of hydrogen-bond donors (Lipinski definition) is 1. The number of halogens is 3. The van der Waals surface area contributed by atoms with E-state index < -0.39 is 5.60 Å². The van der Waals surface area contributed by atoms with Gasteiger partial charge < -0.3 is 15.0 Å². The lowest BCUT2D eigenvalue weighted by molar-refractivity contribution is 0.0291. The number of carbonyl (C=O) groups is 1. The van der Waals surface area contributed by atoms with Crippen molar-refractivity contribution in [1.82, 2.24) is 10.2 Å². The van der Waals surface area contributed by atoms with E-state index in [9.17, 15) is 4.79 Å². The number of amides is 1. The number of nitrogens with one attached hydrogen (secondary N) is 1. The number of nitrogens with zero attached hydrogens (tertiary/aromatic N) is 1. The number of benzene rings is 1. The van der Waals surface area contributed by atoms with Gasteiger partial charge in [0, 0.05) is 30.7 Å². The lowest BCUT2D eigenvalue weighted by Gasteiger charge is -2.24. The van der Waals surface area contributed by atoms with Gasteiger partial charge in [-0.25, -0.2) is 4.79 Å². The lowest BCUT2D eigenvalue weighted by atomic mass is 10.2. The average Bonchev–Trinajstić information content (AvgIpc) is 2.88. The van der Waals surface area contributed by atoms with Gasteiger partial charge in [0.15, 0.2) is 0 Å². The molecule has 1 heterocycles. The summed E-state index contributed by atoms with van der Waals surface area (Å²) in [6.07, 6.45) is 0.594. The van der Waals surface area contributed by atoms with Crippen LogP contribution in [0.25, 0.3) is 0 Å². The first-order valence-corrected chi connectivity index (χ1v) is 8.64. The summed E-state index contributed by atoms with van der Waals surface area (Å²) in [5, 5.41) is 4.89. The summed E-state index contributed by atoms with van der Waals surface area (Å²) < 4.78 is 5.39. The van der Waals surface area contributed by atoms with Crippen molar-refractivity contribution in [3.63, 3.8) is 0 Å². The van der Waals surface area contributed by atoms with Crippen LogP contribution in [0.5, 0.6) is 0 Å². The summed E-state index contributed by atoms with van der Waals surface area (Å²) in [7, 11) is 0. The first-order chi connectivity index (χ1) is 10.7. The molecule has 0 saturated carbocycles. The van der Waals surface area contributed by atoms with Gasteiger partial charge in [0.1, 0.15) is 5.60 Å². The fourth-order valence-corrected chi connectivity index (χ4v) is 3.12. The van der Waals surface area contributed by atoms with Crippen LogP contribution < -0.4 is 5.32 Å². The van der Waals surface area contributed by atoms with Gasteiger partial charge in [-0.15, -0.1) is 0 Å². The van der Waals surface area contributed by atoms with Crippen molar-refractivity contribution in [3.8, 4) is 0 Å². The number of hydrogen-bond acceptors (Lipinski definition) is 3. The third-order valence-electron chi connectivity index (χ3n) is 3.49. The molecule has 1 amide bonds. The predicted octanol–water partition coefficient (Wildman–Crippen LogP) is 4.75. The van der Waals surface area contributed by atoms with Crippen LogP contribution in [0.3, 0.4) is 0 Å². The monoisotopic (exact) mass is 378 g/mol. The maximum absolute atomic E-state index is 12.0. The molecule has 1 N–H and O–H groups in total. The molecule has 0 unspecified atom stereocenters. The van der Waals surface area contributed by atoms with Gasteiger partial charge >= 0.3 is 6.09 Å². The zero-order valence-corrected chi connectivity index (χ0v) is 15.7. The molecule has 0 bridgehead atoms. The molecule has 1 aromatic rings. The molecule has 1 aromatic carbocycles. The van der Waals surface area contributed by atoms with Gasteiger partial charge in [-0.3, -0.25) is 0 Å². The summed E-state index contributed by atoms with van der Waals surface area (Å²) in [4.78, 5) is 13.8. The van der Waals surface area contributed by atoms with Crippen molar-refractivity contribution in [2.45, 2.75) is 45.4 Å². The Balaban J connectivity index is 1.88. The van der Waals surface area contributed by atoms with E-state index >= 15 is 0 Å². The Kier molecular flexibility index (Phi) is 6.06. The lowest BCUT2D eigenvalue weighted by Crippen LogP contribution is -2.38. The minimum absolute atomic E-state index is 0.191. The molecule has 4 nitrogen and oxygen atoms in total. The van der Waals surface area contributed by atoms with Crippen LogP contribution in [0, 0.1) is 0 Å². The van der Waals surface area contributed by atoms with Crippen LogP contribution in [0.2, 0.25) is 15.1 Å². The van der Waals surface area contributed by atoms with E-state index in [1.54, 1.807) is 17.0 Å². The SMILES string of the molecule is CC(C)(C)OC(=O)N1CC[C@H](NCc2cc(Cl)cc(Cl)c2Cl)C1. The van der Waals surface area contributed by atoms with Crippen LogP contribution in [0.4, 0.5) is 4.79 Å². The van der Waals surface area contributed by atoms with Crippen molar-refractivity contribution >= 4 is 40.9 Å². The Morgan fingerprint density at radius 1 is 1.35 bits per heavy atom. The van der Waals surface area contributed by atoms with Gasteiger partial charge in [-0.1, -0.05) is 34.8 Å². The third kappa shape index (κ3) is 5.42. The zero-order chi connectivity index (χ0) is 17.2. The Labute approximate surface area is 152 Å². The highest BCUT2D eigenvalue weighted by Gasteiger charge is 2.29. The fourth-order valence-electron chi connectivity index (χ4n) is 2.41. The molecule has 2 rings (SSSR count). The van der Waals surface area contributed by atoms with Crippen molar-refractivity contribution in [3.05, 3.63) is 32.8 Å². The summed E-state index contributed by atoms with van der Waals surface area (Å²) in [6.45, 7) is 7.42. The maximum Gasteiger partial charge on any atom is 0.410 e. The fraction of sp³-hybridized carbons (Fsp3) is 0.562. The molecule has 0 radical (unpaired) electrons. The number of rotatable bonds is 3. The minimum Gasteiger partial charge on any atom is -0.444 e. The Hall–Kier alpha value is -0.680. The summed E-state index contributed by atoms with van der Waals surface area (Å²) >= 11 is 18.2. The first-order valence-electron chi connectivity index (χ1n) is 7.50. The summed E-state index contributed by atoms with van der Waals surface area (Å²) in [5.41, 5.74) is 0.369. The van der Waals surface area contributed by atoms with E-state index in [2.05, 4.69) is 5.32 Å². The first kappa shape index (κ1) is 18.7. The minimum atomic E-state index is -0.479. The number of carbonyl (C=O) groups excluding carboxylic acids is 1. The average molecular weight is 380 g/mol. The van der Waals surface area contributed by atoms with Gasteiger partial charge in [-0.2, -0.15) is 0 Å². The van der Waals surface area contributed by atoms with E-state index in [0.29, 0.717) is 34.7 Å². The number of likely N-dealkylation sites (tertiary alicyclic amines) is 1. The molecule has 128 valence electrons. The highest BCUT2D eigenvalue weighted by Crippen LogP contribution is 2.30. The van der Waals surface area contributed by atoms with Gasteiger partial charge in [0.25, 0.3) is 0 Å². The molecule has 7 heteroatoms.